The van der Waals surface area contributed by atoms with Crippen LogP contribution in [0.2, 0.25) is 0 Å². The number of nitrogens with two attached hydrogens (primary N) is 1. The van der Waals surface area contributed by atoms with Crippen LogP contribution < -0.4 is 11.3 Å². The summed E-state index contributed by atoms with van der Waals surface area (Å²) in [6.45, 7) is 2.64. The molecule has 0 atom stereocenters. The van der Waals surface area contributed by atoms with Gasteiger partial charge in [0.15, 0.2) is 0 Å². The first kappa shape index (κ1) is 8.41. The van der Waals surface area contributed by atoms with E-state index in [1.54, 1.807) is 4.68 Å². The summed E-state index contributed by atoms with van der Waals surface area (Å²) in [6.07, 6.45) is 2.34. The summed E-state index contributed by atoms with van der Waals surface area (Å²) in [5.41, 5.74) is 7.22. The molecule has 0 aromatic carbocycles. The lowest BCUT2D eigenvalue weighted by atomic mass is 10.2. The smallest absolute Gasteiger partial charge is 0.290 e. The van der Waals surface area contributed by atoms with Crippen LogP contribution in [0.1, 0.15) is 31.4 Å². The van der Waals surface area contributed by atoms with Crippen LogP contribution >= 0.6 is 0 Å². The third-order valence-electron chi connectivity index (χ3n) is 2.72. The van der Waals surface area contributed by atoms with Crippen LogP contribution in [0.5, 0.6) is 0 Å². The van der Waals surface area contributed by atoms with Gasteiger partial charge in [-0.15, -0.1) is 0 Å². The highest BCUT2D eigenvalue weighted by Gasteiger charge is 2.30. The molecule has 0 bridgehead atoms. The first-order valence-electron chi connectivity index (χ1n) is 4.72. The lowest BCUT2D eigenvalue weighted by molar-refractivity contribution is 0.504. The Morgan fingerprint density at radius 1 is 1.54 bits per heavy atom. The molecule has 0 radical (unpaired) electrons. The van der Waals surface area contributed by atoms with Crippen LogP contribution in [0, 0.1) is 0 Å². The van der Waals surface area contributed by atoms with Crippen molar-refractivity contribution in [1.29, 1.82) is 0 Å². The SMILES string of the molecule is CCn1c(=O)c(N)c(C2CC2)n1C. The number of nitrogen functional groups attached to an aromatic ring is 1. The van der Waals surface area contributed by atoms with Crippen molar-refractivity contribution < 1.29 is 0 Å². The Bertz CT molecular complexity index is 384. The molecule has 13 heavy (non-hydrogen) atoms. The van der Waals surface area contributed by atoms with Crippen molar-refractivity contribution in [1.82, 2.24) is 9.36 Å². The Kier molecular flexibility index (Phi) is 1.71. The number of aromatic nitrogens is 2. The molecule has 0 saturated heterocycles. The van der Waals surface area contributed by atoms with Crippen LogP contribution in [-0.4, -0.2) is 9.36 Å². The standard InChI is InChI=1S/C9H15N3O/c1-3-12-9(13)7(10)8(11(12)2)6-4-5-6/h6H,3-5,10H2,1-2H3. The Hall–Kier alpha value is -1.19. The van der Waals surface area contributed by atoms with Gasteiger partial charge in [-0.2, -0.15) is 0 Å². The van der Waals surface area contributed by atoms with Gasteiger partial charge in [0.25, 0.3) is 5.56 Å². The van der Waals surface area contributed by atoms with Crippen molar-refractivity contribution in [2.24, 2.45) is 7.05 Å². The van der Waals surface area contributed by atoms with E-state index in [0.29, 0.717) is 18.2 Å². The summed E-state index contributed by atoms with van der Waals surface area (Å²) >= 11 is 0. The minimum Gasteiger partial charge on any atom is -0.393 e. The number of rotatable bonds is 2. The zero-order chi connectivity index (χ0) is 9.59. The van der Waals surface area contributed by atoms with Gasteiger partial charge in [0, 0.05) is 19.5 Å². The highest BCUT2D eigenvalue weighted by Crippen LogP contribution is 2.41. The van der Waals surface area contributed by atoms with Crippen LogP contribution in [0.4, 0.5) is 5.69 Å². The molecule has 2 rings (SSSR count). The molecule has 0 amide bonds. The van der Waals surface area contributed by atoms with E-state index < -0.39 is 0 Å². The molecule has 0 aliphatic heterocycles. The molecular formula is C9H15N3O. The normalized spacial score (nSPS) is 16.5. The number of hydrogen-bond donors (Lipinski definition) is 1. The Balaban J connectivity index is 2.61. The molecule has 4 nitrogen and oxygen atoms in total. The molecular weight excluding hydrogens is 166 g/mol. The predicted octanol–water partition coefficient (Wildman–Crippen LogP) is 0.666. The maximum atomic E-state index is 11.6. The lowest BCUT2D eigenvalue weighted by Crippen LogP contribution is -2.21. The summed E-state index contributed by atoms with van der Waals surface area (Å²) in [7, 11) is 1.91. The topological polar surface area (TPSA) is 52.9 Å². The Labute approximate surface area is 76.9 Å². The minimum atomic E-state index is -0.0353. The van der Waals surface area contributed by atoms with Gasteiger partial charge < -0.3 is 5.73 Å². The van der Waals surface area contributed by atoms with E-state index in [9.17, 15) is 4.79 Å². The van der Waals surface area contributed by atoms with Gasteiger partial charge in [0.1, 0.15) is 5.69 Å². The van der Waals surface area contributed by atoms with Crippen molar-refractivity contribution in [2.75, 3.05) is 5.73 Å². The van der Waals surface area contributed by atoms with E-state index in [2.05, 4.69) is 0 Å². The van der Waals surface area contributed by atoms with Crippen molar-refractivity contribution in [3.8, 4) is 0 Å². The van der Waals surface area contributed by atoms with E-state index in [0.717, 1.165) is 5.69 Å². The Morgan fingerprint density at radius 2 is 2.15 bits per heavy atom. The summed E-state index contributed by atoms with van der Waals surface area (Å²) in [5, 5.41) is 0. The van der Waals surface area contributed by atoms with E-state index in [-0.39, 0.29) is 5.56 Å². The van der Waals surface area contributed by atoms with Gasteiger partial charge in [-0.25, -0.2) is 4.68 Å². The molecule has 72 valence electrons. The molecule has 1 aromatic heterocycles. The zero-order valence-electron chi connectivity index (χ0n) is 8.08. The summed E-state index contributed by atoms with van der Waals surface area (Å²) in [6, 6.07) is 0. The van der Waals surface area contributed by atoms with Crippen molar-refractivity contribution in [2.45, 2.75) is 32.2 Å². The van der Waals surface area contributed by atoms with Gasteiger partial charge >= 0.3 is 0 Å². The van der Waals surface area contributed by atoms with E-state index in [4.69, 9.17) is 5.73 Å². The molecule has 1 saturated carbocycles. The summed E-state index contributed by atoms with van der Waals surface area (Å²) in [5.74, 6) is 0.533. The zero-order valence-corrected chi connectivity index (χ0v) is 8.08. The number of anilines is 1. The lowest BCUT2D eigenvalue weighted by Gasteiger charge is -2.06. The monoisotopic (exact) mass is 181 g/mol. The fourth-order valence-electron chi connectivity index (χ4n) is 1.89. The predicted molar refractivity (Wildman–Crippen MR) is 51.7 cm³/mol. The average molecular weight is 181 g/mol. The first-order chi connectivity index (χ1) is 6.16. The van der Waals surface area contributed by atoms with Crippen LogP contribution in [0.3, 0.4) is 0 Å². The molecule has 2 N–H and O–H groups in total. The van der Waals surface area contributed by atoms with E-state index in [1.807, 2.05) is 18.7 Å². The molecule has 0 unspecified atom stereocenters. The minimum absolute atomic E-state index is 0.0353. The van der Waals surface area contributed by atoms with Gasteiger partial charge in [0.05, 0.1) is 5.69 Å². The Morgan fingerprint density at radius 3 is 2.54 bits per heavy atom. The second kappa shape index (κ2) is 2.65. The molecule has 1 aliphatic rings. The van der Waals surface area contributed by atoms with E-state index in [1.165, 1.54) is 12.8 Å². The molecule has 1 heterocycles. The molecule has 1 fully saturated rings. The summed E-state index contributed by atoms with van der Waals surface area (Å²) in [4.78, 5) is 11.6. The fourth-order valence-corrected chi connectivity index (χ4v) is 1.89. The fraction of sp³-hybridized carbons (Fsp3) is 0.667. The largest absolute Gasteiger partial charge is 0.393 e. The maximum absolute atomic E-state index is 11.6. The van der Waals surface area contributed by atoms with Crippen LogP contribution in [0.15, 0.2) is 4.79 Å². The third-order valence-corrected chi connectivity index (χ3v) is 2.72. The van der Waals surface area contributed by atoms with Crippen LogP contribution in [-0.2, 0) is 13.6 Å². The van der Waals surface area contributed by atoms with Crippen molar-refractivity contribution in [3.05, 3.63) is 16.0 Å². The van der Waals surface area contributed by atoms with Gasteiger partial charge in [-0.1, -0.05) is 0 Å². The maximum Gasteiger partial charge on any atom is 0.290 e. The van der Waals surface area contributed by atoms with Crippen molar-refractivity contribution in [3.63, 3.8) is 0 Å². The van der Waals surface area contributed by atoms with Gasteiger partial charge in [-0.3, -0.25) is 9.48 Å². The average Bonchev–Trinajstić information content (AvgIpc) is 2.86. The second-order valence-corrected chi connectivity index (χ2v) is 3.62. The molecule has 1 aromatic rings. The van der Waals surface area contributed by atoms with Crippen LogP contribution in [0.25, 0.3) is 0 Å². The van der Waals surface area contributed by atoms with Crippen molar-refractivity contribution >= 4 is 5.69 Å². The molecule has 1 aliphatic carbocycles. The van der Waals surface area contributed by atoms with E-state index >= 15 is 0 Å². The highest BCUT2D eigenvalue weighted by molar-refractivity contribution is 5.45. The highest BCUT2D eigenvalue weighted by atomic mass is 16.1. The quantitative estimate of drug-likeness (QED) is 0.729. The summed E-state index contributed by atoms with van der Waals surface area (Å²) < 4.78 is 3.60. The molecule has 0 spiro atoms. The molecule has 4 heteroatoms. The van der Waals surface area contributed by atoms with Gasteiger partial charge in [-0.05, 0) is 19.8 Å². The second-order valence-electron chi connectivity index (χ2n) is 3.62. The first-order valence-corrected chi connectivity index (χ1v) is 4.72. The van der Waals surface area contributed by atoms with Gasteiger partial charge in [0.2, 0.25) is 0 Å². The third kappa shape index (κ3) is 1.08. The number of hydrogen-bond acceptors (Lipinski definition) is 2. The number of nitrogens with zero attached hydrogens (tertiary/aromatic N) is 2.